The number of aromatic nitrogens is 2. The summed E-state index contributed by atoms with van der Waals surface area (Å²) in [6.07, 6.45) is -0.0454. The van der Waals surface area contributed by atoms with E-state index in [9.17, 15) is 4.79 Å². The fraction of sp³-hybridized carbons (Fsp3) is 0.375. The molecule has 1 aliphatic heterocycles. The van der Waals surface area contributed by atoms with E-state index >= 15 is 0 Å². The van der Waals surface area contributed by atoms with Crippen molar-refractivity contribution in [2.75, 3.05) is 31.1 Å². The highest BCUT2D eigenvalue weighted by molar-refractivity contribution is 7.09. The minimum absolute atomic E-state index is 0.0454. The Morgan fingerprint density at radius 3 is 2.74 bits per heavy atom. The molecule has 1 aromatic carbocycles. The highest BCUT2D eigenvalue weighted by Crippen LogP contribution is 2.26. The third-order valence-corrected chi connectivity index (χ3v) is 4.71. The summed E-state index contributed by atoms with van der Waals surface area (Å²) in [5, 5.41) is 9.49. The number of benzene rings is 1. The predicted molar refractivity (Wildman–Crippen MR) is 89.1 cm³/mol. The molecule has 118 valence electrons. The summed E-state index contributed by atoms with van der Waals surface area (Å²) in [4.78, 5) is 20.3. The number of nitriles is 1. The van der Waals surface area contributed by atoms with Crippen LogP contribution in [-0.2, 0) is 4.79 Å². The van der Waals surface area contributed by atoms with E-state index in [4.69, 9.17) is 5.26 Å². The Morgan fingerprint density at radius 1 is 1.30 bits per heavy atom. The molecule has 1 saturated heterocycles. The molecule has 2 aromatic rings. The standard InChI is InChI=1S/C16H17N5OS/c1-12-4-2-3-5-13(12)15-18-16(23-19-15)21-10-8-20(9-11-21)14(22)6-7-17/h2-5H,6,8-11H2,1H3. The van der Waals surface area contributed by atoms with Gasteiger partial charge in [-0.05, 0) is 12.5 Å². The molecule has 0 spiro atoms. The fourth-order valence-corrected chi connectivity index (χ4v) is 3.34. The number of rotatable bonds is 3. The van der Waals surface area contributed by atoms with Gasteiger partial charge in [0, 0.05) is 43.3 Å². The summed E-state index contributed by atoms with van der Waals surface area (Å²) >= 11 is 1.39. The van der Waals surface area contributed by atoms with Crippen LogP contribution in [0.1, 0.15) is 12.0 Å². The zero-order valence-corrected chi connectivity index (χ0v) is 13.7. The second-order valence-electron chi connectivity index (χ2n) is 5.42. The molecule has 7 heteroatoms. The maximum atomic E-state index is 11.7. The third kappa shape index (κ3) is 3.32. The van der Waals surface area contributed by atoms with E-state index in [1.165, 1.54) is 11.5 Å². The first-order chi connectivity index (χ1) is 11.2. The molecule has 0 saturated carbocycles. The zero-order valence-electron chi connectivity index (χ0n) is 12.9. The van der Waals surface area contributed by atoms with Gasteiger partial charge in [-0.25, -0.2) is 0 Å². The molecule has 3 rings (SSSR count). The molecule has 23 heavy (non-hydrogen) atoms. The fourth-order valence-electron chi connectivity index (χ4n) is 2.60. The Hall–Kier alpha value is -2.46. The van der Waals surface area contributed by atoms with Gasteiger partial charge in [-0.2, -0.15) is 14.6 Å². The van der Waals surface area contributed by atoms with Crippen LogP contribution in [0.25, 0.3) is 11.4 Å². The molecule has 0 bridgehead atoms. The van der Waals surface area contributed by atoms with E-state index in [-0.39, 0.29) is 12.3 Å². The minimum Gasteiger partial charge on any atom is -0.343 e. The first-order valence-electron chi connectivity index (χ1n) is 7.48. The summed E-state index contributed by atoms with van der Waals surface area (Å²) in [6, 6.07) is 9.98. The quantitative estimate of drug-likeness (QED) is 0.863. The lowest BCUT2D eigenvalue weighted by molar-refractivity contribution is -0.130. The number of hydrogen-bond donors (Lipinski definition) is 0. The second kappa shape index (κ2) is 6.75. The predicted octanol–water partition coefficient (Wildman–Crippen LogP) is 2.08. The molecular weight excluding hydrogens is 310 g/mol. The average molecular weight is 327 g/mol. The van der Waals surface area contributed by atoms with Gasteiger partial charge in [-0.1, -0.05) is 24.3 Å². The third-order valence-electron chi connectivity index (χ3n) is 3.93. The summed E-state index contributed by atoms with van der Waals surface area (Å²) in [6.45, 7) is 4.74. The van der Waals surface area contributed by atoms with Crippen molar-refractivity contribution in [1.29, 1.82) is 5.26 Å². The second-order valence-corrected chi connectivity index (χ2v) is 6.15. The lowest BCUT2D eigenvalue weighted by Crippen LogP contribution is -2.48. The van der Waals surface area contributed by atoms with Gasteiger partial charge in [0.2, 0.25) is 11.0 Å². The molecule has 0 N–H and O–H groups in total. The number of hydrogen-bond acceptors (Lipinski definition) is 6. The molecule has 0 aliphatic carbocycles. The van der Waals surface area contributed by atoms with Gasteiger partial charge in [0.25, 0.3) is 0 Å². The molecule has 1 aliphatic rings. The van der Waals surface area contributed by atoms with Gasteiger partial charge in [0.05, 0.1) is 6.07 Å². The lowest BCUT2D eigenvalue weighted by Gasteiger charge is -2.33. The Kier molecular flexibility index (Phi) is 4.53. The van der Waals surface area contributed by atoms with Crippen LogP contribution >= 0.6 is 11.5 Å². The van der Waals surface area contributed by atoms with Crippen LogP contribution in [0, 0.1) is 18.3 Å². The number of carbonyl (C=O) groups is 1. The molecule has 2 heterocycles. The first kappa shape index (κ1) is 15.4. The number of anilines is 1. The number of carbonyl (C=O) groups excluding carboxylic acids is 1. The van der Waals surface area contributed by atoms with E-state index in [0.29, 0.717) is 13.1 Å². The summed E-state index contributed by atoms with van der Waals surface area (Å²) in [5.41, 5.74) is 2.21. The summed E-state index contributed by atoms with van der Waals surface area (Å²) < 4.78 is 4.47. The molecule has 0 radical (unpaired) electrons. The smallest absolute Gasteiger partial charge is 0.236 e. The van der Waals surface area contributed by atoms with Gasteiger partial charge in [-0.15, -0.1) is 0 Å². The van der Waals surface area contributed by atoms with E-state index in [2.05, 4.69) is 27.2 Å². The Labute approximate surface area is 139 Å². The monoisotopic (exact) mass is 327 g/mol. The molecule has 0 atom stereocenters. The molecule has 6 nitrogen and oxygen atoms in total. The number of piperazine rings is 1. The first-order valence-corrected chi connectivity index (χ1v) is 8.26. The highest BCUT2D eigenvalue weighted by atomic mass is 32.1. The van der Waals surface area contributed by atoms with Gasteiger partial charge in [0.1, 0.15) is 6.42 Å². The largest absolute Gasteiger partial charge is 0.343 e. The lowest BCUT2D eigenvalue weighted by atomic mass is 10.1. The molecule has 1 aromatic heterocycles. The van der Waals surface area contributed by atoms with Crippen LogP contribution < -0.4 is 4.90 Å². The average Bonchev–Trinajstić information content (AvgIpc) is 3.05. The summed E-state index contributed by atoms with van der Waals surface area (Å²) in [5.74, 6) is 0.663. The van der Waals surface area contributed by atoms with Crippen molar-refractivity contribution in [3.63, 3.8) is 0 Å². The molecule has 0 unspecified atom stereocenters. The van der Waals surface area contributed by atoms with Crippen molar-refractivity contribution >= 4 is 22.6 Å². The van der Waals surface area contributed by atoms with Crippen molar-refractivity contribution < 1.29 is 4.79 Å². The van der Waals surface area contributed by atoms with E-state index in [1.54, 1.807) is 4.90 Å². The van der Waals surface area contributed by atoms with Crippen LogP contribution in [0.4, 0.5) is 5.13 Å². The minimum atomic E-state index is -0.0926. The number of amides is 1. The van der Waals surface area contributed by atoms with Crippen LogP contribution in [0.3, 0.4) is 0 Å². The molecule has 1 fully saturated rings. The van der Waals surface area contributed by atoms with Crippen LogP contribution in [-0.4, -0.2) is 46.3 Å². The SMILES string of the molecule is Cc1ccccc1-c1nsc(N2CCN(C(=O)CC#N)CC2)n1. The normalized spacial score (nSPS) is 14.6. The van der Waals surface area contributed by atoms with Gasteiger partial charge >= 0.3 is 0 Å². The van der Waals surface area contributed by atoms with Crippen molar-refractivity contribution in [3.05, 3.63) is 29.8 Å². The van der Waals surface area contributed by atoms with Gasteiger partial charge < -0.3 is 9.80 Å². The van der Waals surface area contributed by atoms with Crippen molar-refractivity contribution in [3.8, 4) is 17.5 Å². The zero-order chi connectivity index (χ0) is 16.2. The highest BCUT2D eigenvalue weighted by Gasteiger charge is 2.23. The summed E-state index contributed by atoms with van der Waals surface area (Å²) in [7, 11) is 0. The topological polar surface area (TPSA) is 73.1 Å². The van der Waals surface area contributed by atoms with Crippen LogP contribution in [0.5, 0.6) is 0 Å². The van der Waals surface area contributed by atoms with E-state index < -0.39 is 0 Å². The Balaban J connectivity index is 1.68. The van der Waals surface area contributed by atoms with Crippen molar-refractivity contribution in [1.82, 2.24) is 14.3 Å². The van der Waals surface area contributed by atoms with E-state index in [0.717, 1.165) is 35.2 Å². The van der Waals surface area contributed by atoms with Crippen LogP contribution in [0.15, 0.2) is 24.3 Å². The van der Waals surface area contributed by atoms with Gasteiger partial charge in [0.15, 0.2) is 5.82 Å². The van der Waals surface area contributed by atoms with Crippen molar-refractivity contribution in [2.45, 2.75) is 13.3 Å². The number of aryl methyl sites for hydroxylation is 1. The van der Waals surface area contributed by atoms with Crippen LogP contribution in [0.2, 0.25) is 0 Å². The van der Waals surface area contributed by atoms with E-state index in [1.807, 2.05) is 24.3 Å². The maximum absolute atomic E-state index is 11.7. The molecule has 1 amide bonds. The number of nitrogens with zero attached hydrogens (tertiary/aromatic N) is 5. The Bertz CT molecular complexity index is 743. The molecular formula is C16H17N5OS. The maximum Gasteiger partial charge on any atom is 0.236 e. The van der Waals surface area contributed by atoms with Crippen molar-refractivity contribution in [2.24, 2.45) is 0 Å². The van der Waals surface area contributed by atoms with Gasteiger partial charge in [-0.3, -0.25) is 4.79 Å². The Morgan fingerprint density at radius 2 is 2.04 bits per heavy atom.